The van der Waals surface area contributed by atoms with Crippen LogP contribution in [0.5, 0.6) is 0 Å². The smallest absolute Gasteiger partial charge is 0.340 e. The van der Waals surface area contributed by atoms with Gasteiger partial charge >= 0.3 is 16.2 Å². The van der Waals surface area contributed by atoms with Crippen molar-refractivity contribution in [1.82, 2.24) is 0 Å². The Balaban J connectivity index is 3.36. The molecule has 0 spiro atoms. The zero-order valence-corrected chi connectivity index (χ0v) is 8.35. The molecule has 0 unspecified atom stereocenters. The lowest BCUT2D eigenvalue weighted by molar-refractivity contribution is 0.0595. The molecule has 0 bridgehead atoms. The van der Waals surface area contributed by atoms with Gasteiger partial charge in [0.05, 0.1) is 17.6 Å². The highest BCUT2D eigenvalue weighted by atomic mass is 32.3. The standard InChI is InChI=1S/C8H6F2O4S/c1-14-8(11)6-4-5(15(10,12)13)2-3-7(6)9/h2-4H,1H3. The third kappa shape index (κ3) is 2.50. The maximum atomic E-state index is 13.0. The van der Waals surface area contributed by atoms with Crippen LogP contribution < -0.4 is 0 Å². The molecule has 1 aromatic rings. The molecule has 82 valence electrons. The SMILES string of the molecule is COC(=O)c1cc(S(=O)(=O)F)ccc1F. The predicted molar refractivity (Wildman–Crippen MR) is 46.0 cm³/mol. The minimum absolute atomic E-state index is 0.580. The van der Waals surface area contributed by atoms with Gasteiger partial charge in [0.2, 0.25) is 0 Å². The summed E-state index contributed by atoms with van der Waals surface area (Å²) in [6.07, 6.45) is 0. The van der Waals surface area contributed by atoms with Crippen molar-refractivity contribution in [1.29, 1.82) is 0 Å². The molecule has 0 aromatic heterocycles. The molecule has 4 nitrogen and oxygen atoms in total. The van der Waals surface area contributed by atoms with Crippen LogP contribution >= 0.6 is 0 Å². The van der Waals surface area contributed by atoms with Gasteiger partial charge in [0.15, 0.2) is 0 Å². The highest BCUT2D eigenvalue weighted by molar-refractivity contribution is 7.86. The van der Waals surface area contributed by atoms with E-state index in [4.69, 9.17) is 0 Å². The lowest BCUT2D eigenvalue weighted by atomic mass is 10.2. The molecule has 0 aliphatic rings. The second-order valence-corrected chi connectivity index (χ2v) is 3.92. The zero-order valence-electron chi connectivity index (χ0n) is 7.53. The minimum Gasteiger partial charge on any atom is -0.465 e. The summed E-state index contributed by atoms with van der Waals surface area (Å²) in [7, 11) is -3.96. The van der Waals surface area contributed by atoms with E-state index in [0.29, 0.717) is 12.1 Å². The van der Waals surface area contributed by atoms with Crippen molar-refractivity contribution in [3.63, 3.8) is 0 Å². The van der Waals surface area contributed by atoms with Crippen molar-refractivity contribution < 1.29 is 26.2 Å². The number of esters is 1. The van der Waals surface area contributed by atoms with Crippen LogP contribution in [0, 0.1) is 5.82 Å². The molecule has 0 amide bonds. The fraction of sp³-hybridized carbons (Fsp3) is 0.125. The number of methoxy groups -OCH3 is 1. The van der Waals surface area contributed by atoms with Gasteiger partial charge in [-0.05, 0) is 18.2 Å². The Bertz CT molecular complexity index is 495. The summed E-state index contributed by atoms with van der Waals surface area (Å²) >= 11 is 0. The average Bonchev–Trinajstić information content (AvgIpc) is 2.15. The van der Waals surface area contributed by atoms with E-state index in [1.165, 1.54) is 0 Å². The molecule has 0 fully saturated rings. The topological polar surface area (TPSA) is 60.4 Å². The summed E-state index contributed by atoms with van der Waals surface area (Å²) in [6.45, 7) is 0. The van der Waals surface area contributed by atoms with Crippen LogP contribution in [0.4, 0.5) is 8.28 Å². The normalized spacial score (nSPS) is 11.1. The van der Waals surface area contributed by atoms with Gasteiger partial charge in [-0.3, -0.25) is 0 Å². The molecular formula is C8H6F2O4S. The molecule has 0 heterocycles. The van der Waals surface area contributed by atoms with Gasteiger partial charge < -0.3 is 4.74 Å². The molecule has 1 rings (SSSR count). The van der Waals surface area contributed by atoms with E-state index >= 15 is 0 Å². The van der Waals surface area contributed by atoms with E-state index in [0.717, 1.165) is 13.2 Å². The fourth-order valence-corrected chi connectivity index (χ4v) is 1.41. The molecule has 0 radical (unpaired) electrons. The number of halogens is 2. The lowest BCUT2D eigenvalue weighted by Gasteiger charge is -2.02. The summed E-state index contributed by atoms with van der Waals surface area (Å²) in [6, 6.07) is 1.98. The Morgan fingerprint density at radius 2 is 2.00 bits per heavy atom. The highest BCUT2D eigenvalue weighted by Gasteiger charge is 2.18. The van der Waals surface area contributed by atoms with Gasteiger partial charge in [0, 0.05) is 0 Å². The molecule has 0 saturated heterocycles. The predicted octanol–water partition coefficient (Wildman–Crippen LogP) is 1.27. The largest absolute Gasteiger partial charge is 0.465 e. The van der Waals surface area contributed by atoms with Crippen LogP contribution in [0.3, 0.4) is 0 Å². The first-order chi connectivity index (χ1) is 6.86. The number of carbonyl (C=O) groups excluding carboxylic acids is 1. The van der Waals surface area contributed by atoms with E-state index in [1.54, 1.807) is 0 Å². The van der Waals surface area contributed by atoms with Crippen LogP contribution in [0.1, 0.15) is 10.4 Å². The maximum absolute atomic E-state index is 13.0. The maximum Gasteiger partial charge on any atom is 0.340 e. The molecule has 7 heteroatoms. The van der Waals surface area contributed by atoms with E-state index in [2.05, 4.69) is 4.74 Å². The van der Waals surface area contributed by atoms with Crippen molar-refractivity contribution in [2.24, 2.45) is 0 Å². The molecular weight excluding hydrogens is 230 g/mol. The second-order valence-electron chi connectivity index (χ2n) is 2.57. The number of carbonyl (C=O) groups is 1. The molecule has 0 aliphatic heterocycles. The molecule has 0 saturated carbocycles. The fourth-order valence-electron chi connectivity index (χ4n) is 0.922. The van der Waals surface area contributed by atoms with E-state index in [1.807, 2.05) is 0 Å². The van der Waals surface area contributed by atoms with Crippen LogP contribution in [0.2, 0.25) is 0 Å². The number of rotatable bonds is 2. The Morgan fingerprint density at radius 1 is 1.40 bits per heavy atom. The number of hydrogen-bond donors (Lipinski definition) is 0. The average molecular weight is 236 g/mol. The number of hydrogen-bond acceptors (Lipinski definition) is 4. The van der Waals surface area contributed by atoms with Gasteiger partial charge in [0.25, 0.3) is 0 Å². The first-order valence-electron chi connectivity index (χ1n) is 3.69. The van der Waals surface area contributed by atoms with Crippen molar-refractivity contribution >= 4 is 16.2 Å². The van der Waals surface area contributed by atoms with Crippen LogP contribution in [0.15, 0.2) is 23.1 Å². The summed E-state index contributed by atoms with van der Waals surface area (Å²) in [4.78, 5) is 10.1. The molecule has 15 heavy (non-hydrogen) atoms. The first-order valence-corrected chi connectivity index (χ1v) is 5.07. The highest BCUT2D eigenvalue weighted by Crippen LogP contribution is 2.17. The van der Waals surface area contributed by atoms with Gasteiger partial charge in [0.1, 0.15) is 5.82 Å². The summed E-state index contributed by atoms with van der Waals surface area (Å²) in [5.41, 5.74) is -0.628. The molecule has 1 aromatic carbocycles. The van der Waals surface area contributed by atoms with Crippen molar-refractivity contribution in [2.45, 2.75) is 4.90 Å². The van der Waals surface area contributed by atoms with Crippen molar-refractivity contribution in [3.05, 3.63) is 29.6 Å². The Labute approximate surface area is 84.7 Å². The van der Waals surface area contributed by atoms with Gasteiger partial charge in [-0.25, -0.2) is 9.18 Å². The quantitative estimate of drug-likeness (QED) is 0.573. The molecule has 0 N–H and O–H groups in total. The van der Waals surface area contributed by atoms with Gasteiger partial charge in [-0.1, -0.05) is 0 Å². The van der Waals surface area contributed by atoms with Crippen LogP contribution in [-0.4, -0.2) is 21.5 Å². The second kappa shape index (κ2) is 3.93. The summed E-state index contributed by atoms with van der Waals surface area (Å²) in [5, 5.41) is 0. The van der Waals surface area contributed by atoms with Gasteiger partial charge in [-0.2, -0.15) is 8.42 Å². The van der Waals surface area contributed by atoms with Crippen LogP contribution in [-0.2, 0) is 15.0 Å². The van der Waals surface area contributed by atoms with E-state index < -0.39 is 32.5 Å². The first kappa shape index (κ1) is 11.6. The molecule has 0 aliphatic carbocycles. The van der Waals surface area contributed by atoms with Crippen molar-refractivity contribution in [3.8, 4) is 0 Å². The molecule has 0 atom stereocenters. The van der Waals surface area contributed by atoms with E-state index in [-0.39, 0.29) is 0 Å². The van der Waals surface area contributed by atoms with Crippen LogP contribution in [0.25, 0.3) is 0 Å². The third-order valence-corrected chi connectivity index (χ3v) is 2.44. The summed E-state index contributed by atoms with van der Waals surface area (Å²) in [5.74, 6) is -2.05. The van der Waals surface area contributed by atoms with Crippen molar-refractivity contribution in [2.75, 3.05) is 7.11 Å². The minimum atomic E-state index is -4.96. The Morgan fingerprint density at radius 3 is 2.47 bits per heavy atom. The summed E-state index contributed by atoms with van der Waals surface area (Å²) < 4.78 is 50.6. The number of ether oxygens (including phenoxy) is 1. The number of benzene rings is 1. The monoisotopic (exact) mass is 236 g/mol. The Hall–Kier alpha value is -1.50. The van der Waals surface area contributed by atoms with Gasteiger partial charge in [-0.15, -0.1) is 3.89 Å². The lowest BCUT2D eigenvalue weighted by Crippen LogP contribution is -2.06. The Kier molecular flexibility index (Phi) is 3.04. The zero-order chi connectivity index (χ0) is 11.6. The van der Waals surface area contributed by atoms with E-state index in [9.17, 15) is 21.5 Å². The third-order valence-electron chi connectivity index (χ3n) is 1.62.